The van der Waals surface area contributed by atoms with Crippen LogP contribution in [0.3, 0.4) is 0 Å². The van der Waals surface area contributed by atoms with E-state index in [-0.39, 0.29) is 105 Å². The summed E-state index contributed by atoms with van der Waals surface area (Å²) in [6, 6.07) is 28.6. The Kier molecular flexibility index (Phi) is 38.9. The molecule has 0 saturated carbocycles. The number of aldehydes is 1. The molecule has 7 aromatic rings. The van der Waals surface area contributed by atoms with Crippen LogP contribution in [0.15, 0.2) is 170 Å². The molecular weight excluding hydrogens is 1720 g/mol. The molecule has 1 aromatic heterocycles. The van der Waals surface area contributed by atoms with Gasteiger partial charge in [0.1, 0.15) is 90.3 Å². The van der Waals surface area contributed by atoms with Crippen molar-refractivity contribution in [2.24, 2.45) is 23.3 Å². The molecule has 0 spiro atoms. The molecule has 0 aliphatic carbocycles. The second kappa shape index (κ2) is 49.9. The number of unbranched alkanes of at least 4 members (excludes halogenated alkanes) is 1. The van der Waals surface area contributed by atoms with Gasteiger partial charge in [-0.25, -0.2) is 0 Å². The summed E-state index contributed by atoms with van der Waals surface area (Å²) in [6.45, 7) is 7.82. The molecule has 13 atom stereocenters. The average Bonchev–Trinajstić information content (AvgIpc) is 1.18. The predicted molar refractivity (Wildman–Crippen MR) is 496 cm³/mol. The number of carbonyl (C=O) groups is 15. The average molecular weight is 1840 g/mol. The Hall–Kier alpha value is -12.7. The van der Waals surface area contributed by atoms with Crippen molar-refractivity contribution in [3.05, 3.63) is 203 Å². The number of carbonyl (C=O) groups excluding carboxylic acids is 15. The van der Waals surface area contributed by atoms with E-state index in [9.17, 15) is 53.7 Å². The third kappa shape index (κ3) is 29.4. The molecule has 0 bridgehead atoms. The molecule has 2 aliphatic heterocycles. The van der Waals surface area contributed by atoms with Crippen LogP contribution < -0.4 is 54.0 Å². The van der Waals surface area contributed by atoms with Crippen molar-refractivity contribution >= 4 is 123 Å². The molecule has 131 heavy (non-hydrogen) atoms. The highest BCUT2D eigenvalue weighted by atomic mass is 32.2. The zero-order chi connectivity index (χ0) is 95.1. The Morgan fingerprint density at radius 2 is 1.04 bits per heavy atom. The standard InChI is InChI=1S/C95H122N16O18S2/c1-9-10-31-77(94(128)110-41-22-32-76(110)88(122)100-65(51-112)52-113)107(6)93(127)79(47-61-27-18-13-19-28-61)109(8)91(125)73(44-59-23-14-11-15-24-59)101-82(117)55-130-53-75(84(118)99-50-81(96)116)106-85(119)70(42-57(2)3)102-86(120)71(43-62-33-37-66(114)38-34-62)103-87(121)72(48-64-49-98-69-30-21-20-29-68(64)69)104-90(124)80-54-131-56-111(80)92(126)74(45-63-35-39-67(115)40-36-63)105-89(123)78(46-60-25-16-12-17-26-60)108(7)95(129)83(97)58(4)5/h11-21,23-30,33-40,49,51,57-58,65,70-80,83,98,113-115H,9-10,22,31-32,41-48,50,52-56,97H2,1-8H3,(H2,96,116)(H,99,118)(H,100,122)(H,101,117)(H,102,120)(H,103,121)(H,104,124)(H,105,123)(H,106,119)/t65-,70+,71+,72+,73+,74+,75+,76-,77+,78?,79?,80-,83+/m1/s1. The van der Waals surface area contributed by atoms with Crippen LogP contribution in [0.5, 0.6) is 11.5 Å². The van der Waals surface area contributed by atoms with Gasteiger partial charge in [0.05, 0.1) is 30.8 Å². The molecule has 702 valence electrons. The van der Waals surface area contributed by atoms with Gasteiger partial charge in [-0.3, -0.25) is 67.1 Å². The maximum Gasteiger partial charge on any atom is 0.246 e. The Balaban J connectivity index is 0.947. The number of phenolic OH excluding ortho intramolecular Hbond substituents is 2. The van der Waals surface area contributed by atoms with E-state index in [1.165, 1.54) is 93.8 Å². The highest BCUT2D eigenvalue weighted by molar-refractivity contribution is 8.00. The largest absolute Gasteiger partial charge is 0.508 e. The van der Waals surface area contributed by atoms with E-state index >= 15 is 33.6 Å². The van der Waals surface area contributed by atoms with Gasteiger partial charge in [-0.2, -0.15) is 0 Å². The van der Waals surface area contributed by atoms with Gasteiger partial charge < -0.3 is 104 Å². The van der Waals surface area contributed by atoms with Crippen LogP contribution in [0, 0.1) is 11.8 Å². The quantitative estimate of drug-likeness (QED) is 0.0244. The van der Waals surface area contributed by atoms with E-state index in [0.717, 1.165) is 11.8 Å². The van der Waals surface area contributed by atoms with Gasteiger partial charge in [-0.15, -0.1) is 23.5 Å². The van der Waals surface area contributed by atoms with Crippen LogP contribution in [-0.2, 0) is 110 Å². The number of benzene rings is 6. The molecule has 0 radical (unpaired) electrons. The number of H-pyrrole nitrogens is 1. The van der Waals surface area contributed by atoms with Crippen LogP contribution >= 0.6 is 23.5 Å². The Bertz CT molecular complexity index is 5080. The van der Waals surface area contributed by atoms with Crippen LogP contribution in [-0.4, -0.2) is 276 Å². The number of primary amides is 1. The smallest absolute Gasteiger partial charge is 0.246 e. The van der Waals surface area contributed by atoms with Gasteiger partial charge in [0.25, 0.3) is 0 Å². The molecule has 6 aromatic carbocycles. The number of aromatic nitrogens is 1. The van der Waals surface area contributed by atoms with Gasteiger partial charge in [0, 0.05) is 94.8 Å². The number of nitrogens with zero attached hydrogens (tertiary/aromatic N) is 5. The first-order chi connectivity index (χ1) is 62.7. The van der Waals surface area contributed by atoms with Crippen LogP contribution in [0.4, 0.5) is 0 Å². The number of thioether (sulfide) groups is 2. The third-order valence-electron chi connectivity index (χ3n) is 23.3. The number of aliphatic hydroxyl groups excluding tert-OH is 1. The number of aromatic amines is 1. The second-order valence-electron chi connectivity index (χ2n) is 33.9. The van der Waals surface area contributed by atoms with Crippen LogP contribution in [0.25, 0.3) is 10.9 Å². The van der Waals surface area contributed by atoms with Crippen molar-refractivity contribution in [3.63, 3.8) is 0 Å². The molecule has 36 heteroatoms. The minimum atomic E-state index is -1.58. The maximum atomic E-state index is 15.5. The molecule has 2 fully saturated rings. The van der Waals surface area contributed by atoms with Gasteiger partial charge in [0.2, 0.25) is 82.7 Å². The monoisotopic (exact) mass is 1840 g/mol. The number of nitrogens with two attached hydrogens (primary N) is 2. The molecule has 34 nitrogen and oxygen atoms in total. The second-order valence-corrected chi connectivity index (χ2v) is 35.9. The summed E-state index contributed by atoms with van der Waals surface area (Å²) in [5.74, 6) is -12.2. The number of rotatable bonds is 48. The van der Waals surface area contributed by atoms with Crippen LogP contribution in [0.1, 0.15) is 107 Å². The zero-order valence-electron chi connectivity index (χ0n) is 75.0. The lowest BCUT2D eigenvalue weighted by Crippen LogP contribution is -2.61. The fraction of sp³-hybridized carbons (Fsp3) is 0.442. The molecule has 16 N–H and O–H groups in total. The Morgan fingerprint density at radius 1 is 0.534 bits per heavy atom. The molecular formula is C95H122N16O18S2. The van der Waals surface area contributed by atoms with Crippen molar-refractivity contribution in [1.29, 1.82) is 0 Å². The summed E-state index contributed by atoms with van der Waals surface area (Å²) in [6.07, 6.45) is 3.26. The van der Waals surface area contributed by atoms with E-state index in [0.29, 0.717) is 69.8 Å². The molecule has 2 aliphatic rings. The van der Waals surface area contributed by atoms with Gasteiger partial charge in [-0.1, -0.05) is 181 Å². The summed E-state index contributed by atoms with van der Waals surface area (Å²) in [7, 11) is 4.35. The van der Waals surface area contributed by atoms with Gasteiger partial charge >= 0.3 is 0 Å². The number of aliphatic hydroxyl groups is 1. The summed E-state index contributed by atoms with van der Waals surface area (Å²) in [5, 5.41) is 52.9. The molecule has 14 amide bonds. The highest BCUT2D eigenvalue weighted by Crippen LogP contribution is 2.29. The number of hydrogen-bond donors (Lipinski definition) is 14. The first-order valence-electron chi connectivity index (χ1n) is 44.0. The normalized spacial score (nSPS) is 16.2. The molecule has 2 saturated heterocycles. The summed E-state index contributed by atoms with van der Waals surface area (Å²) >= 11 is 2.08. The van der Waals surface area contributed by atoms with E-state index in [1.54, 1.807) is 149 Å². The fourth-order valence-corrected chi connectivity index (χ4v) is 17.8. The Labute approximate surface area is 770 Å². The summed E-state index contributed by atoms with van der Waals surface area (Å²) in [5.41, 5.74) is 16.0. The van der Waals surface area contributed by atoms with E-state index in [2.05, 4.69) is 47.5 Å². The number of hydrogen-bond acceptors (Lipinski definition) is 21. The van der Waals surface area contributed by atoms with Crippen molar-refractivity contribution in [2.45, 2.75) is 190 Å². The van der Waals surface area contributed by atoms with Crippen molar-refractivity contribution in [2.75, 3.05) is 64.0 Å². The van der Waals surface area contributed by atoms with Crippen molar-refractivity contribution in [3.8, 4) is 11.5 Å². The SMILES string of the molecule is CCCC[C@@H](C(=O)N1CCC[C@@H]1C(=O)N[C@H](C=O)CO)N(C)C(=O)C(Cc1ccccc1)N(C)C(=O)[C@H](Cc1ccccc1)NC(=O)CSC[C@H](NC(=O)[C@H](CC(C)C)NC(=O)[C@H](Cc1ccc(O)cc1)NC(=O)[C@H](Cc1c[nH]c2ccccc12)NC(=O)[C@H]1CSCN1C(=O)[C@H](Cc1ccc(O)cc1)NC(=O)C(Cc1ccccc1)N(C)C(=O)[C@@H](N)C(C)C)C(=O)NCC(N)=O. The number of phenols is 2. The zero-order valence-corrected chi connectivity index (χ0v) is 76.6. The van der Waals surface area contributed by atoms with E-state index in [1.807, 2.05) is 19.1 Å². The van der Waals surface area contributed by atoms with Gasteiger partial charge in [-0.05, 0) is 101 Å². The third-order valence-corrected chi connectivity index (χ3v) is 25.3. The lowest BCUT2D eigenvalue weighted by molar-refractivity contribution is -0.152. The summed E-state index contributed by atoms with van der Waals surface area (Å²) in [4.78, 5) is 227. The lowest BCUT2D eigenvalue weighted by Gasteiger charge is -2.38. The highest BCUT2D eigenvalue weighted by Gasteiger charge is 2.45. The topological polar surface area (TPSA) is 497 Å². The number of nitrogens with one attached hydrogen (secondary N) is 9. The Morgan fingerprint density at radius 3 is 1.61 bits per heavy atom. The lowest BCUT2D eigenvalue weighted by atomic mass is 9.99. The number of para-hydroxylation sites is 1. The first-order valence-corrected chi connectivity index (χ1v) is 46.3. The molecule has 3 heterocycles. The minimum Gasteiger partial charge on any atom is -0.508 e. The fourth-order valence-electron chi connectivity index (χ4n) is 15.8. The van der Waals surface area contributed by atoms with Crippen molar-refractivity contribution < 1.29 is 87.2 Å². The van der Waals surface area contributed by atoms with Crippen molar-refractivity contribution in [1.82, 2.24) is 72.0 Å². The number of likely N-dealkylation sites (N-methyl/N-ethyl adjacent to an activating group) is 3. The minimum absolute atomic E-state index is 0.0201. The molecule has 2 unspecified atom stereocenters. The van der Waals surface area contributed by atoms with Gasteiger partial charge in [0.15, 0.2) is 0 Å². The predicted octanol–water partition coefficient (Wildman–Crippen LogP) is 2.85. The van der Waals surface area contributed by atoms with E-state index < -0.39 is 180 Å². The van der Waals surface area contributed by atoms with E-state index in [4.69, 9.17) is 11.5 Å². The molecule has 9 rings (SSSR count). The summed E-state index contributed by atoms with van der Waals surface area (Å²) < 4.78 is 0. The first kappa shape index (κ1) is 102. The number of likely N-dealkylation sites (tertiary alicyclic amines) is 1. The number of fused-ring (bicyclic) bond motifs is 1. The number of aromatic hydroxyl groups is 2. The number of amides is 14. The van der Waals surface area contributed by atoms with Crippen LogP contribution in [0.2, 0.25) is 0 Å². The maximum absolute atomic E-state index is 15.5.